The van der Waals surface area contributed by atoms with Crippen molar-refractivity contribution in [1.29, 1.82) is 0 Å². The molecule has 6 heteroatoms. The zero-order valence-corrected chi connectivity index (χ0v) is 13.2. The van der Waals surface area contributed by atoms with Crippen LogP contribution in [0.2, 0.25) is 0 Å². The first-order valence-corrected chi connectivity index (χ1v) is 8.45. The average Bonchev–Trinajstić information content (AvgIpc) is 2.30. The Morgan fingerprint density at radius 3 is 2.50 bits per heavy atom. The molecule has 0 spiro atoms. The molecule has 0 aromatic heterocycles. The van der Waals surface area contributed by atoms with Gasteiger partial charge in [-0.15, -0.1) is 0 Å². The van der Waals surface area contributed by atoms with Gasteiger partial charge in [0.25, 0.3) is 0 Å². The number of carbonyl (C=O) groups excluding carboxylic acids is 1. The lowest BCUT2D eigenvalue weighted by atomic mass is 10.1. The maximum atomic E-state index is 11.7. The van der Waals surface area contributed by atoms with Crippen molar-refractivity contribution in [2.24, 2.45) is 5.92 Å². The Hall–Kier alpha value is -1.56. The summed E-state index contributed by atoms with van der Waals surface area (Å²) in [5.41, 5.74) is 1.33. The molecule has 0 aliphatic rings. The van der Waals surface area contributed by atoms with Gasteiger partial charge in [-0.25, -0.2) is 13.2 Å². The Morgan fingerprint density at radius 1 is 1.30 bits per heavy atom. The quantitative estimate of drug-likeness (QED) is 0.877. The summed E-state index contributed by atoms with van der Waals surface area (Å²) in [4.78, 5) is 11.9. The van der Waals surface area contributed by atoms with E-state index >= 15 is 0 Å². The second-order valence-electron chi connectivity index (χ2n) is 5.31. The molecular formula is C14H22N2O3S. The Bertz CT molecular complexity index is 580. The van der Waals surface area contributed by atoms with Gasteiger partial charge in [-0.1, -0.05) is 19.9 Å². The predicted molar refractivity (Wildman–Crippen MR) is 80.8 cm³/mol. The summed E-state index contributed by atoms with van der Waals surface area (Å²) in [6, 6.07) is 4.37. The van der Waals surface area contributed by atoms with Gasteiger partial charge in [0.2, 0.25) is 0 Å². The molecular weight excluding hydrogens is 276 g/mol. The zero-order chi connectivity index (χ0) is 15.3. The molecule has 0 fully saturated rings. The van der Waals surface area contributed by atoms with Crippen LogP contribution < -0.4 is 10.6 Å². The van der Waals surface area contributed by atoms with Crippen molar-refractivity contribution in [2.75, 3.05) is 18.1 Å². The van der Waals surface area contributed by atoms with Crippen LogP contribution in [0.4, 0.5) is 10.5 Å². The Kier molecular flexibility index (Phi) is 5.56. The van der Waals surface area contributed by atoms with Crippen LogP contribution >= 0.6 is 0 Å². The van der Waals surface area contributed by atoms with Crippen LogP contribution in [0.15, 0.2) is 23.1 Å². The molecule has 0 bridgehead atoms. The number of hydrogen-bond donors (Lipinski definition) is 2. The van der Waals surface area contributed by atoms with Crippen LogP contribution in [0.1, 0.15) is 25.8 Å². The maximum Gasteiger partial charge on any atom is 0.319 e. The van der Waals surface area contributed by atoms with Crippen molar-refractivity contribution in [3.05, 3.63) is 23.8 Å². The molecule has 0 aliphatic heterocycles. The maximum absolute atomic E-state index is 11.7. The number of anilines is 1. The van der Waals surface area contributed by atoms with Gasteiger partial charge in [0.1, 0.15) is 0 Å². The summed E-state index contributed by atoms with van der Waals surface area (Å²) in [6.45, 7) is 6.57. The molecule has 0 aliphatic carbocycles. The van der Waals surface area contributed by atoms with Crippen molar-refractivity contribution >= 4 is 21.6 Å². The summed E-state index contributed by atoms with van der Waals surface area (Å²) in [6.07, 6.45) is 2.04. The van der Waals surface area contributed by atoms with E-state index in [1.165, 1.54) is 12.1 Å². The highest BCUT2D eigenvalue weighted by molar-refractivity contribution is 7.90. The van der Waals surface area contributed by atoms with E-state index < -0.39 is 9.84 Å². The number of nitrogens with one attached hydrogen (secondary N) is 2. The highest BCUT2D eigenvalue weighted by Gasteiger charge is 2.11. The molecule has 112 valence electrons. The third-order valence-electron chi connectivity index (χ3n) is 2.89. The third kappa shape index (κ3) is 5.21. The minimum absolute atomic E-state index is 0.195. The van der Waals surface area contributed by atoms with Gasteiger partial charge in [-0.3, -0.25) is 0 Å². The van der Waals surface area contributed by atoms with Gasteiger partial charge >= 0.3 is 6.03 Å². The number of urea groups is 1. The molecule has 0 atom stereocenters. The van der Waals surface area contributed by atoms with Crippen LogP contribution in [0, 0.1) is 12.8 Å². The van der Waals surface area contributed by atoms with E-state index in [2.05, 4.69) is 24.5 Å². The molecule has 1 aromatic carbocycles. The number of aryl methyl sites for hydroxylation is 1. The number of hydrogen-bond acceptors (Lipinski definition) is 3. The largest absolute Gasteiger partial charge is 0.338 e. The topological polar surface area (TPSA) is 75.3 Å². The van der Waals surface area contributed by atoms with Gasteiger partial charge in [-0.05, 0) is 37.0 Å². The Labute approximate surface area is 120 Å². The van der Waals surface area contributed by atoms with Crippen LogP contribution in [0.25, 0.3) is 0 Å². The average molecular weight is 298 g/mol. The van der Waals surface area contributed by atoms with Crippen LogP contribution in [-0.2, 0) is 9.84 Å². The number of carbonyl (C=O) groups is 1. The summed E-state index contributed by atoms with van der Waals surface area (Å²) < 4.78 is 23.0. The minimum atomic E-state index is -3.28. The fraction of sp³-hybridized carbons (Fsp3) is 0.500. The number of sulfone groups is 1. The first kappa shape index (κ1) is 16.5. The third-order valence-corrected chi connectivity index (χ3v) is 4.00. The molecule has 0 radical (unpaired) electrons. The van der Waals surface area contributed by atoms with E-state index in [1.54, 1.807) is 6.07 Å². The lowest BCUT2D eigenvalue weighted by Crippen LogP contribution is -2.30. The van der Waals surface area contributed by atoms with Crippen molar-refractivity contribution in [1.82, 2.24) is 5.32 Å². The van der Waals surface area contributed by atoms with E-state index in [0.29, 0.717) is 18.2 Å². The van der Waals surface area contributed by atoms with Crippen molar-refractivity contribution < 1.29 is 13.2 Å². The van der Waals surface area contributed by atoms with E-state index in [4.69, 9.17) is 0 Å². The Morgan fingerprint density at radius 2 is 1.95 bits per heavy atom. The van der Waals surface area contributed by atoms with Gasteiger partial charge in [0.15, 0.2) is 9.84 Å². The first-order valence-electron chi connectivity index (χ1n) is 6.55. The smallest absolute Gasteiger partial charge is 0.319 e. The SMILES string of the molecule is Cc1ccc(S(C)(=O)=O)cc1NC(=O)NCCC(C)C. The summed E-state index contributed by atoms with van der Waals surface area (Å²) in [7, 11) is -3.28. The lowest BCUT2D eigenvalue weighted by Gasteiger charge is -2.12. The van der Waals surface area contributed by atoms with Crippen LogP contribution in [0.5, 0.6) is 0 Å². The first-order chi connectivity index (χ1) is 9.20. The second kappa shape index (κ2) is 6.74. The van der Waals surface area contributed by atoms with E-state index in [-0.39, 0.29) is 10.9 Å². The van der Waals surface area contributed by atoms with Crippen molar-refractivity contribution in [3.8, 4) is 0 Å². The monoisotopic (exact) mass is 298 g/mol. The summed E-state index contributed by atoms with van der Waals surface area (Å²) in [5.74, 6) is 0.519. The molecule has 2 N–H and O–H groups in total. The lowest BCUT2D eigenvalue weighted by molar-refractivity contribution is 0.251. The number of amides is 2. The molecule has 0 unspecified atom stereocenters. The van der Waals surface area contributed by atoms with Crippen molar-refractivity contribution in [2.45, 2.75) is 32.1 Å². The molecule has 0 saturated carbocycles. The standard InChI is InChI=1S/C14H22N2O3S/c1-10(2)7-8-15-14(17)16-13-9-12(20(4,18)19)6-5-11(13)3/h5-6,9-10H,7-8H2,1-4H3,(H2,15,16,17). The molecule has 1 aromatic rings. The summed E-state index contributed by atoms with van der Waals surface area (Å²) >= 11 is 0. The van der Waals surface area contributed by atoms with E-state index in [1.807, 2.05) is 6.92 Å². The predicted octanol–water partition coefficient (Wildman–Crippen LogP) is 2.57. The van der Waals surface area contributed by atoms with Gasteiger partial charge in [-0.2, -0.15) is 0 Å². The molecule has 0 saturated heterocycles. The summed E-state index contributed by atoms with van der Waals surface area (Å²) in [5, 5.41) is 5.43. The van der Waals surface area contributed by atoms with Gasteiger partial charge in [0.05, 0.1) is 4.90 Å². The minimum Gasteiger partial charge on any atom is -0.338 e. The fourth-order valence-corrected chi connectivity index (χ4v) is 2.25. The van der Waals surface area contributed by atoms with Gasteiger partial charge < -0.3 is 10.6 Å². The molecule has 2 amide bonds. The fourth-order valence-electron chi connectivity index (χ4n) is 1.61. The van der Waals surface area contributed by atoms with E-state index in [9.17, 15) is 13.2 Å². The van der Waals surface area contributed by atoms with Crippen molar-refractivity contribution in [3.63, 3.8) is 0 Å². The highest BCUT2D eigenvalue weighted by atomic mass is 32.2. The zero-order valence-electron chi connectivity index (χ0n) is 12.4. The normalized spacial score (nSPS) is 11.4. The van der Waals surface area contributed by atoms with Crippen LogP contribution in [-0.4, -0.2) is 27.2 Å². The highest BCUT2D eigenvalue weighted by Crippen LogP contribution is 2.20. The molecule has 0 heterocycles. The van der Waals surface area contributed by atoms with Crippen LogP contribution in [0.3, 0.4) is 0 Å². The molecule has 5 nitrogen and oxygen atoms in total. The van der Waals surface area contributed by atoms with E-state index in [0.717, 1.165) is 18.2 Å². The number of benzene rings is 1. The molecule has 1 rings (SSSR count). The van der Waals surface area contributed by atoms with Gasteiger partial charge in [0, 0.05) is 18.5 Å². The number of rotatable bonds is 5. The Balaban J connectivity index is 2.74. The molecule has 20 heavy (non-hydrogen) atoms. The second-order valence-corrected chi connectivity index (χ2v) is 7.33.